The molecule has 0 unspecified atom stereocenters. The molecule has 0 atom stereocenters. The van der Waals surface area contributed by atoms with E-state index in [1.807, 2.05) is 13.0 Å². The maximum absolute atomic E-state index is 12.0. The highest BCUT2D eigenvalue weighted by Crippen LogP contribution is 2.21. The Bertz CT molecular complexity index is 917. The molecule has 5 nitrogen and oxygen atoms in total. The number of esters is 1. The van der Waals surface area contributed by atoms with Crippen molar-refractivity contribution in [1.29, 1.82) is 0 Å². The van der Waals surface area contributed by atoms with Gasteiger partial charge >= 0.3 is 5.97 Å². The number of thiophene rings is 1. The number of halogens is 1. The number of pyridine rings is 1. The van der Waals surface area contributed by atoms with Gasteiger partial charge in [0, 0.05) is 17.6 Å². The summed E-state index contributed by atoms with van der Waals surface area (Å²) in [6, 6.07) is 6.71. The highest BCUT2D eigenvalue weighted by molar-refractivity contribution is 9.11. The van der Waals surface area contributed by atoms with Crippen LogP contribution in [0.5, 0.6) is 0 Å². The highest BCUT2D eigenvalue weighted by Gasteiger charge is 2.11. The minimum Gasteiger partial charge on any atom is -0.456 e. The molecule has 3 rings (SSSR count). The molecule has 0 saturated heterocycles. The Balaban J connectivity index is 1.81. The fourth-order valence-electron chi connectivity index (χ4n) is 1.97. The summed E-state index contributed by atoms with van der Waals surface area (Å²) in [6.45, 7) is 1.87. The van der Waals surface area contributed by atoms with Gasteiger partial charge in [0.15, 0.2) is 0 Å². The molecule has 7 heteroatoms. The van der Waals surface area contributed by atoms with E-state index in [2.05, 4.69) is 20.9 Å². The molecule has 22 heavy (non-hydrogen) atoms. The van der Waals surface area contributed by atoms with E-state index in [1.54, 1.807) is 23.7 Å². The van der Waals surface area contributed by atoms with E-state index >= 15 is 0 Å². The molecule has 3 aromatic heterocycles. The summed E-state index contributed by atoms with van der Waals surface area (Å²) in [6.07, 6.45) is 1.73. The number of rotatable bonds is 3. The van der Waals surface area contributed by atoms with Crippen LogP contribution in [0.4, 0.5) is 0 Å². The second-order valence-corrected chi connectivity index (χ2v) is 7.03. The normalized spacial score (nSPS) is 10.8. The first-order chi connectivity index (χ1) is 10.5. The average molecular weight is 379 g/mol. The van der Waals surface area contributed by atoms with Crippen molar-refractivity contribution >= 4 is 38.9 Å². The van der Waals surface area contributed by atoms with E-state index < -0.39 is 5.97 Å². The molecule has 112 valence electrons. The summed E-state index contributed by atoms with van der Waals surface area (Å²) in [7, 11) is 0. The van der Waals surface area contributed by atoms with Gasteiger partial charge < -0.3 is 4.74 Å². The highest BCUT2D eigenvalue weighted by atomic mass is 79.9. The van der Waals surface area contributed by atoms with Gasteiger partial charge in [-0.1, -0.05) is 6.07 Å². The van der Waals surface area contributed by atoms with Crippen LogP contribution in [0.3, 0.4) is 0 Å². The lowest BCUT2D eigenvalue weighted by Gasteiger charge is -2.06. The predicted molar refractivity (Wildman–Crippen MR) is 87.3 cm³/mol. The van der Waals surface area contributed by atoms with Crippen LogP contribution < -0.4 is 5.56 Å². The Morgan fingerprint density at radius 1 is 1.41 bits per heavy atom. The summed E-state index contributed by atoms with van der Waals surface area (Å²) in [5.74, 6) is -0.437. The molecule has 0 bridgehead atoms. The molecule has 0 fully saturated rings. The smallest absolute Gasteiger partial charge is 0.339 e. The van der Waals surface area contributed by atoms with E-state index in [0.717, 1.165) is 9.35 Å². The number of fused-ring (bicyclic) bond motifs is 1. The third-order valence-corrected chi connectivity index (χ3v) is 4.52. The molecule has 0 saturated carbocycles. The third-order valence-electron chi connectivity index (χ3n) is 3.01. The molecule has 0 N–H and O–H groups in total. The average Bonchev–Trinajstić information content (AvgIpc) is 2.92. The van der Waals surface area contributed by atoms with Crippen molar-refractivity contribution in [3.05, 3.63) is 66.8 Å². The maximum Gasteiger partial charge on any atom is 0.339 e. The van der Waals surface area contributed by atoms with Crippen LogP contribution in [-0.2, 0) is 11.3 Å². The maximum atomic E-state index is 12.0. The summed E-state index contributed by atoms with van der Waals surface area (Å²) in [5.41, 5.74) is 2.21. The Morgan fingerprint density at radius 2 is 2.23 bits per heavy atom. The number of nitrogens with zero attached hydrogens (tertiary/aromatic N) is 2. The summed E-state index contributed by atoms with van der Waals surface area (Å²) < 4.78 is 7.52. The van der Waals surface area contributed by atoms with Crippen molar-refractivity contribution in [2.45, 2.75) is 13.5 Å². The number of hydrogen-bond donors (Lipinski definition) is 0. The van der Waals surface area contributed by atoms with E-state index in [9.17, 15) is 9.59 Å². The monoisotopic (exact) mass is 378 g/mol. The minimum absolute atomic E-state index is 0.0358. The van der Waals surface area contributed by atoms with Crippen LogP contribution in [0.15, 0.2) is 44.4 Å². The minimum atomic E-state index is -0.437. The first kappa shape index (κ1) is 14.9. The van der Waals surface area contributed by atoms with Crippen molar-refractivity contribution in [2.24, 2.45) is 0 Å². The van der Waals surface area contributed by atoms with Gasteiger partial charge in [0.1, 0.15) is 12.3 Å². The lowest BCUT2D eigenvalue weighted by molar-refractivity contribution is 0.0468. The molecule has 0 spiro atoms. The second-order valence-electron chi connectivity index (χ2n) is 4.74. The van der Waals surface area contributed by atoms with Gasteiger partial charge in [0.2, 0.25) is 0 Å². The topological polar surface area (TPSA) is 60.7 Å². The summed E-state index contributed by atoms with van der Waals surface area (Å²) in [5, 5.41) is 1.71. The molecule has 3 aromatic rings. The van der Waals surface area contributed by atoms with Gasteiger partial charge in [-0.2, -0.15) is 0 Å². The van der Waals surface area contributed by atoms with Crippen molar-refractivity contribution in [3.63, 3.8) is 0 Å². The molecule has 0 aliphatic heterocycles. The quantitative estimate of drug-likeness (QED) is 0.656. The van der Waals surface area contributed by atoms with E-state index in [-0.39, 0.29) is 12.2 Å². The van der Waals surface area contributed by atoms with Gasteiger partial charge in [-0.15, -0.1) is 11.3 Å². The van der Waals surface area contributed by atoms with Crippen LogP contribution >= 0.6 is 27.3 Å². The van der Waals surface area contributed by atoms with Gasteiger partial charge in [-0.25, -0.2) is 9.78 Å². The SMILES string of the molecule is Cc1ccc2nc(COC(=O)c3csc(Br)c3)cc(=O)n2c1. The lowest BCUT2D eigenvalue weighted by atomic mass is 10.3. The zero-order valence-corrected chi connectivity index (χ0v) is 14.0. The molecule has 0 aliphatic rings. The Morgan fingerprint density at radius 3 is 2.95 bits per heavy atom. The number of aryl methyl sites for hydroxylation is 1. The number of hydrogen-bond acceptors (Lipinski definition) is 5. The fraction of sp³-hybridized carbons (Fsp3) is 0.133. The van der Waals surface area contributed by atoms with Crippen LogP contribution in [0.1, 0.15) is 21.6 Å². The van der Waals surface area contributed by atoms with E-state index in [1.165, 1.54) is 21.8 Å². The summed E-state index contributed by atoms with van der Waals surface area (Å²) in [4.78, 5) is 28.3. The molecule has 0 aliphatic carbocycles. The molecular weight excluding hydrogens is 368 g/mol. The molecule has 0 amide bonds. The van der Waals surface area contributed by atoms with Crippen LogP contribution in [-0.4, -0.2) is 15.4 Å². The summed E-state index contributed by atoms with van der Waals surface area (Å²) >= 11 is 4.70. The second kappa shape index (κ2) is 6.02. The van der Waals surface area contributed by atoms with Gasteiger partial charge in [0.05, 0.1) is 15.0 Å². The van der Waals surface area contributed by atoms with Crippen molar-refractivity contribution in [2.75, 3.05) is 0 Å². The van der Waals surface area contributed by atoms with E-state index in [4.69, 9.17) is 4.74 Å². The van der Waals surface area contributed by atoms with Gasteiger partial charge in [0.25, 0.3) is 5.56 Å². The molecule has 3 heterocycles. The predicted octanol–water partition coefficient (Wildman–Crippen LogP) is 3.18. The largest absolute Gasteiger partial charge is 0.456 e. The van der Waals surface area contributed by atoms with E-state index in [0.29, 0.717) is 16.9 Å². The Labute approximate surface area is 138 Å². The molecular formula is C15H11BrN2O3S. The zero-order valence-electron chi connectivity index (χ0n) is 11.6. The van der Waals surface area contributed by atoms with Crippen molar-refractivity contribution in [3.8, 4) is 0 Å². The number of aromatic nitrogens is 2. The molecule has 0 aromatic carbocycles. The number of ether oxygens (including phenoxy) is 1. The standard InChI is InChI=1S/C15H11BrN2O3S/c1-9-2-3-13-17-11(5-14(19)18(13)6-9)7-21-15(20)10-4-12(16)22-8-10/h2-6,8H,7H2,1H3. The van der Waals surface area contributed by atoms with Crippen LogP contribution in [0.25, 0.3) is 5.65 Å². The Hall–Kier alpha value is -1.99. The van der Waals surface area contributed by atoms with Gasteiger partial charge in [-0.05, 0) is 40.5 Å². The number of carbonyl (C=O) groups is 1. The zero-order chi connectivity index (χ0) is 15.7. The molecule has 0 radical (unpaired) electrons. The number of carbonyl (C=O) groups excluding carboxylic acids is 1. The van der Waals surface area contributed by atoms with Crippen molar-refractivity contribution < 1.29 is 9.53 Å². The van der Waals surface area contributed by atoms with Crippen LogP contribution in [0.2, 0.25) is 0 Å². The fourth-order valence-corrected chi connectivity index (χ4v) is 3.10. The Kier molecular flexibility index (Phi) is 4.08. The lowest BCUT2D eigenvalue weighted by Crippen LogP contribution is -2.16. The van der Waals surface area contributed by atoms with Gasteiger partial charge in [-0.3, -0.25) is 9.20 Å². The van der Waals surface area contributed by atoms with Crippen LogP contribution in [0, 0.1) is 6.92 Å². The third kappa shape index (κ3) is 3.10. The van der Waals surface area contributed by atoms with Crippen molar-refractivity contribution in [1.82, 2.24) is 9.38 Å². The first-order valence-electron chi connectivity index (χ1n) is 6.43. The first-order valence-corrected chi connectivity index (χ1v) is 8.10.